The molecule has 0 spiro atoms. The van der Waals surface area contributed by atoms with Crippen molar-refractivity contribution in [2.24, 2.45) is 0 Å². The number of alkyl halides is 3. The van der Waals surface area contributed by atoms with E-state index in [9.17, 15) is 28.1 Å². The van der Waals surface area contributed by atoms with E-state index in [-0.39, 0.29) is 5.02 Å². The maximum atomic E-state index is 12.6. The summed E-state index contributed by atoms with van der Waals surface area (Å²) in [7, 11) is 0. The van der Waals surface area contributed by atoms with E-state index in [1.807, 2.05) is 5.32 Å². The predicted molar refractivity (Wildman–Crippen MR) is 56.9 cm³/mol. The van der Waals surface area contributed by atoms with Crippen LogP contribution in [0.25, 0.3) is 0 Å². The molecule has 1 N–H and O–H groups in total. The van der Waals surface area contributed by atoms with Gasteiger partial charge >= 0.3 is 6.18 Å². The zero-order chi connectivity index (χ0) is 13.9. The third-order valence-corrected chi connectivity index (χ3v) is 2.07. The van der Waals surface area contributed by atoms with Crippen LogP contribution in [-0.4, -0.2) is 17.4 Å². The first kappa shape index (κ1) is 14.2. The van der Waals surface area contributed by atoms with Crippen molar-refractivity contribution in [3.8, 4) is 0 Å². The van der Waals surface area contributed by atoms with Gasteiger partial charge in [0.15, 0.2) is 0 Å². The second-order valence-electron chi connectivity index (χ2n) is 3.23. The number of hydrogen-bond acceptors (Lipinski definition) is 3. The van der Waals surface area contributed by atoms with Crippen LogP contribution in [0.4, 0.5) is 18.9 Å². The molecule has 1 aromatic carbocycles. The van der Waals surface area contributed by atoms with Crippen molar-refractivity contribution >= 4 is 23.2 Å². The lowest BCUT2D eigenvalue weighted by molar-refractivity contribution is -0.467. The molecule has 0 heterocycles. The number of rotatable bonds is 3. The number of halogens is 4. The first-order valence-electron chi connectivity index (χ1n) is 4.48. The number of anilines is 1. The van der Waals surface area contributed by atoms with E-state index in [4.69, 9.17) is 11.6 Å². The molecule has 0 saturated heterocycles. The molecule has 0 unspecified atom stereocenters. The summed E-state index contributed by atoms with van der Waals surface area (Å²) in [4.78, 5) is 20.1. The topological polar surface area (TPSA) is 72.2 Å². The van der Waals surface area contributed by atoms with Crippen molar-refractivity contribution in [1.82, 2.24) is 0 Å². The second-order valence-corrected chi connectivity index (χ2v) is 3.66. The standard InChI is InChI=1S/C9H6ClF3N2O3/c10-5-1-2-7(6(3-5)9(11,12)13)14-8(16)4-15(17)18/h1-3H,4H2,(H,14,16). The quantitative estimate of drug-likeness (QED) is 0.684. The molecule has 0 aliphatic carbocycles. The molecule has 0 aliphatic rings. The van der Waals surface area contributed by atoms with Gasteiger partial charge < -0.3 is 5.32 Å². The number of benzene rings is 1. The van der Waals surface area contributed by atoms with Gasteiger partial charge in [-0.3, -0.25) is 14.9 Å². The highest BCUT2D eigenvalue weighted by Crippen LogP contribution is 2.36. The Hall–Kier alpha value is -1.83. The van der Waals surface area contributed by atoms with Crippen LogP contribution in [0.3, 0.4) is 0 Å². The lowest BCUT2D eigenvalue weighted by atomic mass is 10.1. The van der Waals surface area contributed by atoms with Crippen LogP contribution in [-0.2, 0) is 11.0 Å². The van der Waals surface area contributed by atoms with Crippen molar-refractivity contribution in [3.63, 3.8) is 0 Å². The molecule has 1 amide bonds. The van der Waals surface area contributed by atoms with E-state index in [1.54, 1.807) is 0 Å². The highest BCUT2D eigenvalue weighted by atomic mass is 35.5. The molecule has 9 heteroatoms. The Balaban J connectivity index is 3.02. The van der Waals surface area contributed by atoms with E-state index in [2.05, 4.69) is 0 Å². The monoisotopic (exact) mass is 282 g/mol. The van der Waals surface area contributed by atoms with Gasteiger partial charge in [-0.05, 0) is 18.2 Å². The molecule has 5 nitrogen and oxygen atoms in total. The molecule has 1 rings (SSSR count). The maximum absolute atomic E-state index is 12.6. The van der Waals surface area contributed by atoms with Crippen molar-refractivity contribution in [2.75, 3.05) is 11.9 Å². The zero-order valence-electron chi connectivity index (χ0n) is 8.62. The summed E-state index contributed by atoms with van der Waals surface area (Å²) >= 11 is 5.42. The van der Waals surface area contributed by atoms with Gasteiger partial charge in [-0.25, -0.2) is 0 Å². The first-order valence-corrected chi connectivity index (χ1v) is 4.86. The van der Waals surface area contributed by atoms with Crippen LogP contribution in [0.2, 0.25) is 5.02 Å². The Kier molecular flexibility index (Phi) is 4.12. The van der Waals surface area contributed by atoms with Crippen molar-refractivity contribution in [3.05, 3.63) is 38.9 Å². The number of nitro groups is 1. The largest absolute Gasteiger partial charge is 0.418 e. The van der Waals surface area contributed by atoms with Crippen LogP contribution >= 0.6 is 11.6 Å². The highest BCUT2D eigenvalue weighted by Gasteiger charge is 2.34. The van der Waals surface area contributed by atoms with Crippen LogP contribution < -0.4 is 5.32 Å². The molecular weight excluding hydrogens is 277 g/mol. The summed E-state index contributed by atoms with van der Waals surface area (Å²) in [6.45, 7) is -1.11. The fraction of sp³-hybridized carbons (Fsp3) is 0.222. The average Bonchev–Trinajstić information content (AvgIpc) is 2.17. The molecule has 0 bridgehead atoms. The third-order valence-electron chi connectivity index (χ3n) is 1.83. The fourth-order valence-electron chi connectivity index (χ4n) is 1.17. The number of nitrogens with one attached hydrogen (secondary N) is 1. The number of nitrogens with zero attached hydrogens (tertiary/aromatic N) is 1. The smallest absolute Gasteiger partial charge is 0.320 e. The molecule has 0 fully saturated rings. The molecule has 0 saturated carbocycles. The lowest BCUT2D eigenvalue weighted by Gasteiger charge is -2.13. The van der Waals surface area contributed by atoms with Crippen LogP contribution in [0, 0.1) is 10.1 Å². The molecule has 0 atom stereocenters. The van der Waals surface area contributed by atoms with Crippen molar-refractivity contribution in [1.29, 1.82) is 0 Å². The highest BCUT2D eigenvalue weighted by molar-refractivity contribution is 6.30. The van der Waals surface area contributed by atoms with E-state index in [0.29, 0.717) is 6.07 Å². The number of carbonyl (C=O) groups excluding carboxylic acids is 1. The summed E-state index contributed by atoms with van der Waals surface area (Å²) < 4.78 is 37.8. The van der Waals surface area contributed by atoms with Crippen molar-refractivity contribution < 1.29 is 22.9 Å². The molecule has 1 aromatic rings. The number of amides is 1. The summed E-state index contributed by atoms with van der Waals surface area (Å²) in [6.07, 6.45) is -4.72. The van der Waals surface area contributed by atoms with E-state index >= 15 is 0 Å². The Bertz CT molecular complexity index is 490. The summed E-state index contributed by atoms with van der Waals surface area (Å²) in [5.74, 6) is -1.15. The molecule has 0 aromatic heterocycles. The Morgan fingerprint density at radius 3 is 2.56 bits per heavy atom. The predicted octanol–water partition coefficient (Wildman–Crippen LogP) is 2.57. The van der Waals surface area contributed by atoms with E-state index < -0.39 is 34.8 Å². The van der Waals surface area contributed by atoms with Gasteiger partial charge in [0.1, 0.15) is 0 Å². The minimum atomic E-state index is -4.72. The van der Waals surface area contributed by atoms with Gasteiger partial charge in [-0.2, -0.15) is 13.2 Å². The first-order chi connectivity index (χ1) is 8.20. The van der Waals surface area contributed by atoms with E-state index in [0.717, 1.165) is 12.1 Å². The average molecular weight is 283 g/mol. The second kappa shape index (κ2) is 5.21. The summed E-state index contributed by atoms with van der Waals surface area (Å²) in [5, 5.41) is 11.7. The van der Waals surface area contributed by atoms with E-state index in [1.165, 1.54) is 0 Å². The molecule has 0 radical (unpaired) electrons. The number of hydrogen-bond donors (Lipinski definition) is 1. The van der Waals surface area contributed by atoms with Crippen LogP contribution in [0.5, 0.6) is 0 Å². The molecular formula is C9H6ClF3N2O3. The van der Waals surface area contributed by atoms with Crippen molar-refractivity contribution in [2.45, 2.75) is 6.18 Å². The van der Waals surface area contributed by atoms with Crippen LogP contribution in [0.1, 0.15) is 5.56 Å². The molecule has 98 valence electrons. The summed E-state index contributed by atoms with van der Waals surface area (Å²) in [6, 6.07) is 2.70. The van der Waals surface area contributed by atoms with Crippen LogP contribution in [0.15, 0.2) is 18.2 Å². The molecule has 18 heavy (non-hydrogen) atoms. The summed E-state index contributed by atoms with van der Waals surface area (Å²) in [5.41, 5.74) is -1.73. The Morgan fingerprint density at radius 1 is 1.44 bits per heavy atom. The molecule has 0 aliphatic heterocycles. The lowest BCUT2D eigenvalue weighted by Crippen LogP contribution is -2.23. The van der Waals surface area contributed by atoms with Gasteiger partial charge in [-0.1, -0.05) is 11.6 Å². The minimum Gasteiger partial charge on any atom is -0.320 e. The van der Waals surface area contributed by atoms with Gasteiger partial charge in [0.2, 0.25) is 0 Å². The SMILES string of the molecule is O=C(C[N+](=O)[O-])Nc1ccc(Cl)cc1C(F)(F)F. The number of carbonyl (C=O) groups is 1. The van der Waals surface area contributed by atoms with Gasteiger partial charge in [0.05, 0.1) is 11.3 Å². The zero-order valence-corrected chi connectivity index (χ0v) is 9.38. The van der Waals surface area contributed by atoms with Gasteiger partial charge in [0.25, 0.3) is 12.5 Å². The third kappa shape index (κ3) is 3.88. The van der Waals surface area contributed by atoms with Gasteiger partial charge in [-0.15, -0.1) is 0 Å². The maximum Gasteiger partial charge on any atom is 0.418 e. The van der Waals surface area contributed by atoms with Gasteiger partial charge in [0, 0.05) is 9.95 Å². The normalized spacial score (nSPS) is 11.1. The fourth-order valence-corrected chi connectivity index (χ4v) is 1.34. The minimum absolute atomic E-state index is 0.158. The Labute approximate surface area is 104 Å². The Morgan fingerprint density at radius 2 is 2.06 bits per heavy atom.